The normalized spacial score (nSPS) is 33.9. The van der Waals surface area contributed by atoms with Gasteiger partial charge in [0.1, 0.15) is 24.4 Å². The maximum Gasteiger partial charge on any atom is 2.00 e. The van der Waals surface area contributed by atoms with Crippen molar-refractivity contribution in [2.75, 3.05) is 13.2 Å². The zero-order valence-corrected chi connectivity index (χ0v) is 20.9. The maximum absolute atomic E-state index is 11.4. The largest absolute Gasteiger partial charge is 2.00 e. The van der Waals surface area contributed by atoms with Crippen LogP contribution in [0.4, 0.5) is 0 Å². The number of hydrogen-bond acceptors (Lipinski definition) is 12. The molecule has 0 aromatic carbocycles. The SMILES string of the molecule is CC(C)C1OCC(C2OC(=O)C(O)=C2[O-])O1.CC(C)C1OCC(C2OC(=O)C(O)=C2[O-])O1.[Ca+2]. The first-order valence-corrected chi connectivity index (χ1v) is 10.2. The molecule has 0 aliphatic carbocycles. The van der Waals surface area contributed by atoms with E-state index in [1.807, 2.05) is 27.7 Å². The minimum absolute atomic E-state index is 0. The fourth-order valence-corrected chi connectivity index (χ4v) is 3.31. The molecule has 4 rings (SSSR count). The van der Waals surface area contributed by atoms with Crippen LogP contribution in [-0.4, -0.2) is 110 Å². The molecule has 12 nitrogen and oxygen atoms in total. The number of esters is 2. The van der Waals surface area contributed by atoms with Crippen molar-refractivity contribution in [2.24, 2.45) is 11.8 Å². The Labute approximate surface area is 220 Å². The minimum atomic E-state index is -1.07. The third kappa shape index (κ3) is 6.05. The van der Waals surface area contributed by atoms with Gasteiger partial charge < -0.3 is 48.8 Å². The number of hydrogen-bond donors (Lipinski definition) is 2. The third-order valence-corrected chi connectivity index (χ3v) is 5.07. The van der Waals surface area contributed by atoms with Crippen LogP contribution in [0.5, 0.6) is 0 Å². The number of carbonyl (C=O) groups excluding carboxylic acids is 2. The van der Waals surface area contributed by atoms with Crippen molar-refractivity contribution in [1.29, 1.82) is 0 Å². The molecule has 6 unspecified atom stereocenters. The minimum Gasteiger partial charge on any atom is -0.870 e. The van der Waals surface area contributed by atoms with Gasteiger partial charge in [-0.3, -0.25) is 0 Å². The molecule has 4 aliphatic heterocycles. The summed E-state index contributed by atoms with van der Waals surface area (Å²) >= 11 is 0. The van der Waals surface area contributed by atoms with Crippen molar-refractivity contribution < 1.29 is 58.4 Å². The predicted molar refractivity (Wildman–Crippen MR) is 104 cm³/mol. The van der Waals surface area contributed by atoms with E-state index in [-0.39, 0.29) is 62.8 Å². The van der Waals surface area contributed by atoms with Crippen molar-refractivity contribution in [3.8, 4) is 0 Å². The molecule has 0 aromatic heterocycles. The molecule has 2 fully saturated rings. The van der Waals surface area contributed by atoms with Gasteiger partial charge in [-0.05, 0) is 11.5 Å². The first kappa shape index (κ1) is 28.0. The van der Waals surface area contributed by atoms with Crippen LogP contribution in [0.2, 0.25) is 0 Å². The van der Waals surface area contributed by atoms with E-state index < -0.39 is 72.0 Å². The van der Waals surface area contributed by atoms with Crippen molar-refractivity contribution in [3.05, 3.63) is 23.0 Å². The molecule has 0 aromatic rings. The number of aliphatic hydroxyl groups is 2. The predicted octanol–water partition coefficient (Wildman–Crippen LogP) is -1.50. The second-order valence-corrected chi connectivity index (χ2v) is 8.32. The Morgan fingerprint density at radius 3 is 1.30 bits per heavy atom. The second-order valence-electron chi connectivity index (χ2n) is 8.32. The van der Waals surface area contributed by atoms with Crippen molar-refractivity contribution >= 4 is 49.7 Å². The van der Waals surface area contributed by atoms with Gasteiger partial charge in [0.05, 0.1) is 13.2 Å². The summed E-state index contributed by atoms with van der Waals surface area (Å²) in [4.78, 5) is 21.9. The Kier molecular flexibility index (Phi) is 9.69. The van der Waals surface area contributed by atoms with Crippen molar-refractivity contribution in [1.82, 2.24) is 0 Å². The third-order valence-electron chi connectivity index (χ3n) is 5.07. The van der Waals surface area contributed by atoms with E-state index in [1.165, 1.54) is 0 Å². The van der Waals surface area contributed by atoms with E-state index in [0.29, 0.717) is 0 Å². The molecule has 6 atom stereocenters. The van der Waals surface area contributed by atoms with E-state index in [2.05, 4.69) is 0 Å². The molecule has 13 heteroatoms. The van der Waals surface area contributed by atoms with E-state index in [0.717, 1.165) is 0 Å². The van der Waals surface area contributed by atoms with E-state index >= 15 is 0 Å². The zero-order valence-electron chi connectivity index (χ0n) is 18.7. The van der Waals surface area contributed by atoms with E-state index in [1.54, 1.807) is 0 Å². The zero-order chi connectivity index (χ0) is 23.7. The first-order valence-electron chi connectivity index (χ1n) is 10.2. The molecule has 33 heavy (non-hydrogen) atoms. The molecule has 0 spiro atoms. The standard InChI is InChI=1S/2C10H14O6.Ca/c2*1-4(2)10-14-3-5(15-10)8-6(11)7(12)9(13)16-8;/h2*4-5,8,10-12H,3H2,1-2H3;/q;;+2/p-2. The Bertz CT molecular complexity index is 741. The molecule has 0 radical (unpaired) electrons. The molecule has 2 N–H and O–H groups in total. The number of cyclic esters (lactones) is 2. The summed E-state index contributed by atoms with van der Waals surface area (Å²) in [5.41, 5.74) is 0. The molecule has 2 saturated heterocycles. The van der Waals surface area contributed by atoms with Crippen LogP contribution in [0.1, 0.15) is 27.7 Å². The van der Waals surface area contributed by atoms with Crippen molar-refractivity contribution in [2.45, 2.75) is 64.7 Å². The Morgan fingerprint density at radius 2 is 1.09 bits per heavy atom. The van der Waals surface area contributed by atoms with Gasteiger partial charge in [-0.25, -0.2) is 9.59 Å². The first-order chi connectivity index (χ1) is 15.0. The van der Waals surface area contributed by atoms with Crippen LogP contribution >= 0.6 is 0 Å². The van der Waals surface area contributed by atoms with Crippen LogP contribution in [0.3, 0.4) is 0 Å². The molecular formula is C20H26CaO12. The Morgan fingerprint density at radius 1 is 0.758 bits per heavy atom. The van der Waals surface area contributed by atoms with Crippen LogP contribution < -0.4 is 10.2 Å². The monoisotopic (exact) mass is 498 g/mol. The van der Waals surface area contributed by atoms with E-state index in [4.69, 9.17) is 38.6 Å². The van der Waals surface area contributed by atoms with Gasteiger partial charge in [0.25, 0.3) is 0 Å². The molecule has 180 valence electrons. The molecule has 0 saturated carbocycles. The van der Waals surface area contributed by atoms with E-state index in [9.17, 15) is 19.8 Å². The molecule has 4 aliphatic rings. The van der Waals surface area contributed by atoms with Crippen LogP contribution in [0, 0.1) is 11.8 Å². The second kappa shape index (κ2) is 11.4. The van der Waals surface area contributed by atoms with Gasteiger partial charge in [0.15, 0.2) is 24.1 Å². The molecule has 0 bridgehead atoms. The number of aliphatic hydroxyl groups excluding tert-OH is 2. The van der Waals surface area contributed by atoms with Crippen LogP contribution in [0.15, 0.2) is 23.0 Å². The summed E-state index contributed by atoms with van der Waals surface area (Å²) in [5, 5.41) is 41.0. The van der Waals surface area contributed by atoms with Gasteiger partial charge in [-0.15, -0.1) is 0 Å². The molecule has 4 heterocycles. The van der Waals surface area contributed by atoms with Gasteiger partial charge >= 0.3 is 49.7 Å². The average molecular weight is 498 g/mol. The van der Waals surface area contributed by atoms with Gasteiger partial charge in [-0.2, -0.15) is 0 Å². The quantitative estimate of drug-likeness (QED) is 0.339. The number of ether oxygens (including phenoxy) is 6. The Hall–Kier alpha value is -1.28. The smallest absolute Gasteiger partial charge is 0.870 e. The summed E-state index contributed by atoms with van der Waals surface area (Å²) in [5.74, 6) is -4.88. The topological polar surface area (TPSA) is 176 Å². The summed E-state index contributed by atoms with van der Waals surface area (Å²) in [6.07, 6.45) is -4.21. The number of rotatable bonds is 4. The summed E-state index contributed by atoms with van der Waals surface area (Å²) in [6.45, 7) is 8.02. The Balaban J connectivity index is 0.000000227. The van der Waals surface area contributed by atoms with Crippen LogP contribution in [-0.2, 0) is 38.0 Å². The summed E-state index contributed by atoms with van der Waals surface area (Å²) < 4.78 is 30.9. The fraction of sp³-hybridized carbons (Fsp3) is 0.700. The van der Waals surface area contributed by atoms with Crippen LogP contribution in [0.25, 0.3) is 0 Å². The van der Waals surface area contributed by atoms with Gasteiger partial charge in [0, 0.05) is 11.8 Å². The number of carbonyl (C=O) groups is 2. The van der Waals surface area contributed by atoms with Gasteiger partial charge in [0.2, 0.25) is 0 Å². The average Bonchev–Trinajstić information content (AvgIpc) is 3.51. The summed E-state index contributed by atoms with van der Waals surface area (Å²) in [7, 11) is 0. The van der Waals surface area contributed by atoms with Gasteiger partial charge in [-0.1, -0.05) is 27.7 Å². The van der Waals surface area contributed by atoms with Crippen molar-refractivity contribution in [3.63, 3.8) is 0 Å². The summed E-state index contributed by atoms with van der Waals surface area (Å²) in [6, 6.07) is 0. The fourth-order valence-electron chi connectivity index (χ4n) is 3.31. The maximum atomic E-state index is 11.4. The molecule has 0 amide bonds. The molecular weight excluding hydrogens is 472 g/mol.